The molecular weight excluding hydrogens is 174 g/mol. The van der Waals surface area contributed by atoms with Gasteiger partial charge in [0.05, 0.1) is 6.26 Å². The van der Waals surface area contributed by atoms with Crippen molar-refractivity contribution in [1.82, 2.24) is 4.31 Å². The molecule has 0 aliphatic carbocycles. The molecule has 0 saturated carbocycles. The summed E-state index contributed by atoms with van der Waals surface area (Å²) in [4.78, 5) is 0. The van der Waals surface area contributed by atoms with Gasteiger partial charge < -0.3 is 0 Å². The van der Waals surface area contributed by atoms with Crippen LogP contribution in [0.2, 0.25) is 0 Å². The fraction of sp³-hybridized carbons (Fsp3) is 1.00. The van der Waals surface area contributed by atoms with Gasteiger partial charge in [-0.2, -0.15) is 0 Å². The third-order valence-electron chi connectivity index (χ3n) is 2.60. The van der Waals surface area contributed by atoms with E-state index in [1.165, 1.54) is 6.26 Å². The molecule has 0 amide bonds. The van der Waals surface area contributed by atoms with Gasteiger partial charge in [0.15, 0.2) is 0 Å². The van der Waals surface area contributed by atoms with Crippen LogP contribution in [-0.4, -0.2) is 32.1 Å². The Morgan fingerprint density at radius 3 is 2.25 bits per heavy atom. The van der Waals surface area contributed by atoms with Crippen molar-refractivity contribution < 1.29 is 8.42 Å². The van der Waals surface area contributed by atoms with Crippen LogP contribution in [0.15, 0.2) is 0 Å². The Bertz CT molecular complexity index is 246. The third kappa shape index (κ3) is 2.20. The van der Waals surface area contributed by atoms with E-state index in [1.807, 2.05) is 0 Å². The Morgan fingerprint density at radius 1 is 1.42 bits per heavy atom. The molecule has 1 heterocycles. The molecule has 0 bridgehead atoms. The summed E-state index contributed by atoms with van der Waals surface area (Å²) in [5.74, 6) is 1.15. The van der Waals surface area contributed by atoms with E-state index >= 15 is 0 Å². The molecule has 0 aromatic rings. The molecule has 0 unspecified atom stereocenters. The van der Waals surface area contributed by atoms with Crippen LogP contribution in [0.25, 0.3) is 0 Å². The largest absolute Gasteiger partial charge is 0.213 e. The summed E-state index contributed by atoms with van der Waals surface area (Å²) in [7, 11) is -2.94. The highest BCUT2D eigenvalue weighted by molar-refractivity contribution is 7.88. The molecule has 4 heteroatoms. The third-order valence-corrected chi connectivity index (χ3v) is 3.87. The van der Waals surface area contributed by atoms with Gasteiger partial charge >= 0.3 is 0 Å². The van der Waals surface area contributed by atoms with Crippen LogP contribution in [0.3, 0.4) is 0 Å². The van der Waals surface area contributed by atoms with Crippen LogP contribution in [0, 0.1) is 11.8 Å². The van der Waals surface area contributed by atoms with Gasteiger partial charge in [0.2, 0.25) is 10.0 Å². The molecule has 1 saturated heterocycles. The lowest BCUT2D eigenvalue weighted by atomic mass is 9.96. The van der Waals surface area contributed by atoms with Crippen LogP contribution >= 0.6 is 0 Å². The van der Waals surface area contributed by atoms with E-state index in [-0.39, 0.29) is 0 Å². The molecule has 0 spiro atoms. The molecule has 1 fully saturated rings. The minimum Gasteiger partial charge on any atom is -0.213 e. The maximum atomic E-state index is 11.1. The predicted octanol–water partition coefficient (Wildman–Crippen LogP) is 0.924. The van der Waals surface area contributed by atoms with E-state index in [4.69, 9.17) is 0 Å². The molecular formula is C8H17NO2S. The molecule has 1 aliphatic rings. The Labute approximate surface area is 74.8 Å². The smallest absolute Gasteiger partial charge is 0.211 e. The Balaban J connectivity index is 2.58. The Hall–Kier alpha value is -0.0900. The van der Waals surface area contributed by atoms with E-state index in [0.29, 0.717) is 18.4 Å². The van der Waals surface area contributed by atoms with Gasteiger partial charge in [-0.05, 0) is 18.3 Å². The highest BCUT2D eigenvalue weighted by Crippen LogP contribution is 2.24. The van der Waals surface area contributed by atoms with Crippen molar-refractivity contribution in [2.75, 3.05) is 19.3 Å². The normalized spacial score (nSPS) is 26.8. The van der Waals surface area contributed by atoms with Crippen LogP contribution in [0.4, 0.5) is 0 Å². The van der Waals surface area contributed by atoms with Gasteiger partial charge in [-0.3, -0.25) is 0 Å². The van der Waals surface area contributed by atoms with Crippen molar-refractivity contribution in [2.45, 2.75) is 20.3 Å². The monoisotopic (exact) mass is 191 g/mol. The first kappa shape index (κ1) is 9.99. The Morgan fingerprint density at radius 2 is 2.00 bits per heavy atom. The maximum absolute atomic E-state index is 11.1. The number of sulfonamides is 1. The van der Waals surface area contributed by atoms with Crippen LogP contribution in [-0.2, 0) is 10.0 Å². The van der Waals surface area contributed by atoms with Crippen LogP contribution < -0.4 is 0 Å². The molecule has 0 radical (unpaired) electrons. The molecule has 3 nitrogen and oxygen atoms in total. The van der Waals surface area contributed by atoms with Gasteiger partial charge in [0.1, 0.15) is 0 Å². The maximum Gasteiger partial charge on any atom is 0.211 e. The van der Waals surface area contributed by atoms with E-state index in [1.54, 1.807) is 4.31 Å². The first-order valence-electron chi connectivity index (χ1n) is 4.36. The molecule has 0 aromatic carbocycles. The molecule has 12 heavy (non-hydrogen) atoms. The fourth-order valence-corrected chi connectivity index (χ4v) is 2.50. The molecule has 0 N–H and O–H groups in total. The standard InChI is InChI=1S/C8H17NO2S/c1-7(2)8-4-5-9(6-8)12(3,10)11/h7-8H,4-6H2,1-3H3/t8-/m0/s1. The number of hydrogen-bond donors (Lipinski definition) is 0. The molecule has 1 aliphatic heterocycles. The van der Waals surface area contributed by atoms with Gasteiger partial charge in [-0.25, -0.2) is 12.7 Å². The van der Waals surface area contributed by atoms with Crippen LogP contribution in [0.5, 0.6) is 0 Å². The van der Waals surface area contributed by atoms with E-state index in [2.05, 4.69) is 13.8 Å². The molecule has 72 valence electrons. The second-order valence-electron chi connectivity index (χ2n) is 3.91. The number of rotatable bonds is 2. The summed E-state index contributed by atoms with van der Waals surface area (Å²) in [6, 6.07) is 0. The van der Waals surface area contributed by atoms with Crippen molar-refractivity contribution >= 4 is 10.0 Å². The molecule has 1 rings (SSSR count). The first-order chi connectivity index (χ1) is 5.41. The van der Waals surface area contributed by atoms with Gasteiger partial charge in [-0.1, -0.05) is 13.8 Å². The summed E-state index contributed by atoms with van der Waals surface area (Å²) in [6.45, 7) is 5.73. The van der Waals surface area contributed by atoms with Crippen LogP contribution in [0.1, 0.15) is 20.3 Å². The van der Waals surface area contributed by atoms with E-state index < -0.39 is 10.0 Å². The second-order valence-corrected chi connectivity index (χ2v) is 5.90. The minimum atomic E-state index is -2.94. The summed E-state index contributed by atoms with van der Waals surface area (Å²) in [6.07, 6.45) is 2.31. The fourth-order valence-electron chi connectivity index (χ4n) is 1.60. The highest BCUT2D eigenvalue weighted by atomic mass is 32.2. The minimum absolute atomic E-state index is 0.555. The second kappa shape index (κ2) is 3.34. The molecule has 1 atom stereocenters. The van der Waals surface area contributed by atoms with E-state index in [9.17, 15) is 8.42 Å². The Kier molecular flexibility index (Phi) is 2.78. The van der Waals surface area contributed by atoms with Gasteiger partial charge in [0, 0.05) is 13.1 Å². The van der Waals surface area contributed by atoms with Gasteiger partial charge in [0.25, 0.3) is 0 Å². The van der Waals surface area contributed by atoms with Crippen molar-refractivity contribution in [2.24, 2.45) is 11.8 Å². The quantitative estimate of drug-likeness (QED) is 0.651. The highest BCUT2D eigenvalue weighted by Gasteiger charge is 2.29. The lowest BCUT2D eigenvalue weighted by molar-refractivity contribution is 0.390. The van der Waals surface area contributed by atoms with Crippen molar-refractivity contribution in [3.05, 3.63) is 0 Å². The van der Waals surface area contributed by atoms with Crippen molar-refractivity contribution in [1.29, 1.82) is 0 Å². The lowest BCUT2D eigenvalue weighted by Crippen LogP contribution is -2.28. The van der Waals surface area contributed by atoms with Crippen molar-refractivity contribution in [3.63, 3.8) is 0 Å². The summed E-state index contributed by atoms with van der Waals surface area (Å²) < 4.78 is 23.8. The van der Waals surface area contributed by atoms with Crippen molar-refractivity contribution in [3.8, 4) is 0 Å². The lowest BCUT2D eigenvalue weighted by Gasteiger charge is -2.15. The zero-order valence-electron chi connectivity index (χ0n) is 7.95. The SMILES string of the molecule is CC(C)[C@H]1CCN(S(C)(=O)=O)C1. The average Bonchev–Trinajstić information content (AvgIpc) is 2.30. The predicted molar refractivity (Wildman–Crippen MR) is 49.4 cm³/mol. The topological polar surface area (TPSA) is 37.4 Å². The summed E-state index contributed by atoms with van der Waals surface area (Å²) >= 11 is 0. The van der Waals surface area contributed by atoms with E-state index in [0.717, 1.165) is 13.0 Å². The molecule has 0 aromatic heterocycles. The number of hydrogen-bond acceptors (Lipinski definition) is 2. The summed E-state index contributed by atoms with van der Waals surface area (Å²) in [5, 5.41) is 0. The zero-order valence-corrected chi connectivity index (χ0v) is 8.76. The number of nitrogens with zero attached hydrogens (tertiary/aromatic N) is 1. The van der Waals surface area contributed by atoms with Gasteiger partial charge in [-0.15, -0.1) is 0 Å². The zero-order chi connectivity index (χ0) is 9.35. The first-order valence-corrected chi connectivity index (χ1v) is 6.21. The summed E-state index contributed by atoms with van der Waals surface area (Å²) in [5.41, 5.74) is 0. The average molecular weight is 191 g/mol.